The largest absolute Gasteiger partial charge is 0.508 e. The summed E-state index contributed by atoms with van der Waals surface area (Å²) >= 11 is 5.73. The van der Waals surface area contributed by atoms with Gasteiger partial charge in [0.2, 0.25) is 5.91 Å². The van der Waals surface area contributed by atoms with Crippen LogP contribution in [0.25, 0.3) is 0 Å². The Morgan fingerprint density at radius 3 is 2.52 bits per heavy atom. The summed E-state index contributed by atoms with van der Waals surface area (Å²) in [5.41, 5.74) is -1.34. The van der Waals surface area contributed by atoms with Crippen LogP contribution in [0.3, 0.4) is 0 Å². The minimum atomic E-state index is -4.73. The Morgan fingerprint density at radius 2 is 1.87 bits per heavy atom. The quantitative estimate of drug-likeness (QED) is 0.809. The molecule has 23 heavy (non-hydrogen) atoms. The van der Waals surface area contributed by atoms with Crippen LogP contribution in [0.1, 0.15) is 11.1 Å². The first-order valence-corrected chi connectivity index (χ1v) is 6.68. The third-order valence-electron chi connectivity index (χ3n) is 2.90. The molecule has 2 rings (SSSR count). The van der Waals surface area contributed by atoms with Gasteiger partial charge in [0.1, 0.15) is 11.6 Å². The molecule has 0 spiro atoms. The predicted molar refractivity (Wildman–Crippen MR) is 76.9 cm³/mol. The zero-order valence-corrected chi connectivity index (χ0v) is 12.2. The second-order valence-corrected chi connectivity index (χ2v) is 5.16. The molecular weight excluding hydrogens is 338 g/mol. The fourth-order valence-electron chi connectivity index (χ4n) is 1.90. The smallest absolute Gasteiger partial charge is 0.416 e. The topological polar surface area (TPSA) is 49.3 Å². The van der Waals surface area contributed by atoms with Crippen LogP contribution in [0.4, 0.5) is 23.2 Å². The van der Waals surface area contributed by atoms with Gasteiger partial charge in [-0.15, -0.1) is 0 Å². The standard InChI is InChI=1S/C15H10ClF4NO2/c16-10-1-2-13(22)8(3-10)4-14(23)21-12-6-9(15(18,19)20)5-11(17)7-12/h1-3,5-7,22H,4H2,(H,21,23). The van der Waals surface area contributed by atoms with Crippen molar-refractivity contribution >= 4 is 23.2 Å². The molecule has 3 nitrogen and oxygen atoms in total. The van der Waals surface area contributed by atoms with E-state index < -0.39 is 23.5 Å². The molecule has 0 saturated heterocycles. The third-order valence-corrected chi connectivity index (χ3v) is 3.14. The molecule has 0 radical (unpaired) electrons. The van der Waals surface area contributed by atoms with Crippen LogP contribution in [-0.2, 0) is 17.4 Å². The Bertz CT molecular complexity index is 747. The Balaban J connectivity index is 2.17. The molecule has 0 bridgehead atoms. The van der Waals surface area contributed by atoms with E-state index in [-0.39, 0.29) is 28.4 Å². The molecule has 0 atom stereocenters. The number of amides is 1. The van der Waals surface area contributed by atoms with Gasteiger partial charge in [0, 0.05) is 16.3 Å². The zero-order chi connectivity index (χ0) is 17.2. The summed E-state index contributed by atoms with van der Waals surface area (Å²) in [5, 5.41) is 12.0. The maximum absolute atomic E-state index is 13.2. The predicted octanol–water partition coefficient (Wildman–Crippen LogP) is 4.38. The molecule has 0 aromatic heterocycles. The van der Waals surface area contributed by atoms with E-state index in [1.807, 2.05) is 0 Å². The van der Waals surface area contributed by atoms with Crippen molar-refractivity contribution in [1.82, 2.24) is 0 Å². The SMILES string of the molecule is O=C(Cc1cc(Cl)ccc1O)Nc1cc(F)cc(C(F)(F)F)c1. The minimum absolute atomic E-state index is 0.181. The lowest BCUT2D eigenvalue weighted by Crippen LogP contribution is -2.15. The number of carbonyl (C=O) groups is 1. The third kappa shape index (κ3) is 4.59. The Kier molecular flexibility index (Phi) is 4.79. The van der Waals surface area contributed by atoms with Crippen LogP contribution in [0.5, 0.6) is 5.75 Å². The lowest BCUT2D eigenvalue weighted by atomic mass is 10.1. The number of hydrogen-bond acceptors (Lipinski definition) is 2. The van der Waals surface area contributed by atoms with E-state index in [4.69, 9.17) is 11.6 Å². The Hall–Kier alpha value is -2.28. The van der Waals surface area contributed by atoms with Crippen LogP contribution >= 0.6 is 11.6 Å². The number of hydrogen-bond donors (Lipinski definition) is 2. The van der Waals surface area contributed by atoms with Crippen molar-refractivity contribution in [3.63, 3.8) is 0 Å². The maximum atomic E-state index is 13.2. The molecule has 0 aliphatic heterocycles. The van der Waals surface area contributed by atoms with Crippen LogP contribution < -0.4 is 5.32 Å². The van der Waals surface area contributed by atoms with Crippen molar-refractivity contribution in [2.24, 2.45) is 0 Å². The minimum Gasteiger partial charge on any atom is -0.508 e. The van der Waals surface area contributed by atoms with Crippen molar-refractivity contribution in [1.29, 1.82) is 0 Å². The van der Waals surface area contributed by atoms with Gasteiger partial charge in [-0.3, -0.25) is 4.79 Å². The summed E-state index contributed by atoms with van der Waals surface area (Å²) in [5.74, 6) is -2.03. The molecule has 0 unspecified atom stereocenters. The lowest BCUT2D eigenvalue weighted by Gasteiger charge is -2.11. The lowest BCUT2D eigenvalue weighted by molar-refractivity contribution is -0.137. The van der Waals surface area contributed by atoms with E-state index in [1.165, 1.54) is 18.2 Å². The van der Waals surface area contributed by atoms with Crippen molar-refractivity contribution in [3.05, 3.63) is 58.4 Å². The highest BCUT2D eigenvalue weighted by Crippen LogP contribution is 2.31. The van der Waals surface area contributed by atoms with E-state index in [1.54, 1.807) is 0 Å². The summed E-state index contributed by atoms with van der Waals surface area (Å²) in [4.78, 5) is 11.8. The first kappa shape index (κ1) is 17.1. The Labute approximate surface area is 133 Å². The van der Waals surface area contributed by atoms with E-state index in [2.05, 4.69) is 5.32 Å². The molecular formula is C15H10ClF4NO2. The van der Waals surface area contributed by atoms with Gasteiger partial charge in [0.25, 0.3) is 0 Å². The second kappa shape index (κ2) is 6.45. The van der Waals surface area contributed by atoms with E-state index in [9.17, 15) is 27.5 Å². The van der Waals surface area contributed by atoms with Gasteiger partial charge in [0.05, 0.1) is 12.0 Å². The van der Waals surface area contributed by atoms with Crippen LogP contribution in [0, 0.1) is 5.82 Å². The van der Waals surface area contributed by atoms with E-state index in [0.29, 0.717) is 12.1 Å². The van der Waals surface area contributed by atoms with Crippen molar-refractivity contribution in [2.75, 3.05) is 5.32 Å². The number of carbonyl (C=O) groups excluding carboxylic acids is 1. The van der Waals surface area contributed by atoms with Crippen LogP contribution in [0.15, 0.2) is 36.4 Å². The summed E-state index contributed by atoms with van der Waals surface area (Å²) in [6.45, 7) is 0. The number of benzene rings is 2. The highest BCUT2D eigenvalue weighted by molar-refractivity contribution is 6.30. The molecule has 8 heteroatoms. The molecule has 0 heterocycles. The number of alkyl halides is 3. The summed E-state index contributed by atoms with van der Waals surface area (Å²) < 4.78 is 51.1. The molecule has 2 aromatic rings. The summed E-state index contributed by atoms with van der Waals surface area (Å²) in [6, 6.07) is 5.78. The summed E-state index contributed by atoms with van der Waals surface area (Å²) in [7, 11) is 0. The molecule has 2 N–H and O–H groups in total. The normalized spacial score (nSPS) is 11.3. The van der Waals surface area contributed by atoms with Crippen LogP contribution in [-0.4, -0.2) is 11.0 Å². The van der Waals surface area contributed by atoms with Crippen molar-refractivity contribution in [2.45, 2.75) is 12.6 Å². The molecule has 1 amide bonds. The van der Waals surface area contributed by atoms with Gasteiger partial charge >= 0.3 is 6.18 Å². The van der Waals surface area contributed by atoms with Crippen LogP contribution in [0.2, 0.25) is 5.02 Å². The van der Waals surface area contributed by atoms with Gasteiger partial charge in [-0.2, -0.15) is 13.2 Å². The number of halogens is 5. The highest BCUT2D eigenvalue weighted by Gasteiger charge is 2.31. The monoisotopic (exact) mass is 347 g/mol. The second-order valence-electron chi connectivity index (χ2n) is 4.72. The fourth-order valence-corrected chi connectivity index (χ4v) is 2.09. The number of phenols is 1. The number of anilines is 1. The average molecular weight is 348 g/mol. The van der Waals surface area contributed by atoms with Gasteiger partial charge in [-0.05, 0) is 36.4 Å². The van der Waals surface area contributed by atoms with Gasteiger partial charge in [-0.25, -0.2) is 4.39 Å². The average Bonchev–Trinajstić information content (AvgIpc) is 2.41. The maximum Gasteiger partial charge on any atom is 0.416 e. The number of phenolic OH excluding ortho intramolecular Hbond substituents is 1. The van der Waals surface area contributed by atoms with Crippen molar-refractivity contribution in [3.8, 4) is 5.75 Å². The molecule has 122 valence electrons. The number of nitrogens with one attached hydrogen (secondary N) is 1. The molecule has 0 saturated carbocycles. The van der Waals surface area contributed by atoms with Gasteiger partial charge in [-0.1, -0.05) is 11.6 Å². The van der Waals surface area contributed by atoms with Gasteiger partial charge in [0.15, 0.2) is 0 Å². The molecule has 0 aliphatic rings. The van der Waals surface area contributed by atoms with Crippen molar-refractivity contribution < 1.29 is 27.5 Å². The first-order chi connectivity index (χ1) is 10.6. The highest BCUT2D eigenvalue weighted by atomic mass is 35.5. The van der Waals surface area contributed by atoms with E-state index in [0.717, 1.165) is 6.07 Å². The molecule has 0 aliphatic carbocycles. The van der Waals surface area contributed by atoms with Gasteiger partial charge < -0.3 is 10.4 Å². The molecule has 0 fully saturated rings. The number of aromatic hydroxyl groups is 1. The summed E-state index contributed by atoms with van der Waals surface area (Å²) in [6.07, 6.45) is -5.06. The fraction of sp³-hybridized carbons (Fsp3) is 0.133. The molecule has 2 aromatic carbocycles. The zero-order valence-electron chi connectivity index (χ0n) is 11.4. The number of rotatable bonds is 3. The first-order valence-electron chi connectivity index (χ1n) is 6.30. The van der Waals surface area contributed by atoms with E-state index >= 15 is 0 Å². The Morgan fingerprint density at radius 1 is 1.17 bits per heavy atom.